The lowest BCUT2D eigenvalue weighted by atomic mass is 9.53. The molecule has 0 spiro atoms. The van der Waals surface area contributed by atoms with E-state index in [0.717, 1.165) is 38.1 Å². The topological polar surface area (TPSA) is 53.4 Å². The lowest BCUT2D eigenvalue weighted by molar-refractivity contribution is -0.144. The van der Waals surface area contributed by atoms with E-state index in [1.54, 1.807) is 0 Å². The Morgan fingerprint density at radius 1 is 1.30 bits per heavy atom. The van der Waals surface area contributed by atoms with E-state index in [0.29, 0.717) is 0 Å². The van der Waals surface area contributed by atoms with Gasteiger partial charge in [0.25, 0.3) is 0 Å². The maximum atomic E-state index is 13.1. The Morgan fingerprint density at radius 2 is 2.00 bits per heavy atom. The average molecular weight is 487 g/mol. The van der Waals surface area contributed by atoms with Crippen molar-refractivity contribution in [2.75, 3.05) is 13.1 Å². The second kappa shape index (κ2) is 10.1. The molecule has 6 heteroatoms. The minimum atomic E-state index is -0.467. The van der Waals surface area contributed by atoms with E-state index in [1.165, 1.54) is 20.5 Å². The molecule has 2 aliphatic rings. The first-order chi connectivity index (χ1) is 15.8. The van der Waals surface area contributed by atoms with Crippen molar-refractivity contribution in [3.05, 3.63) is 45.9 Å². The number of aromatic nitrogens is 1. The molecule has 2 aliphatic carbocycles. The van der Waals surface area contributed by atoms with Gasteiger partial charge in [0, 0.05) is 34.7 Å². The van der Waals surface area contributed by atoms with Gasteiger partial charge in [0.1, 0.15) is 5.01 Å². The summed E-state index contributed by atoms with van der Waals surface area (Å²) in [5.74, 6) is 1.30. The van der Waals surface area contributed by atoms with Crippen LogP contribution in [0.4, 0.5) is 0 Å². The molecule has 33 heavy (non-hydrogen) atoms. The molecule has 2 aromatic rings. The van der Waals surface area contributed by atoms with E-state index in [-0.39, 0.29) is 35.0 Å². The molecule has 1 fully saturated rings. The summed E-state index contributed by atoms with van der Waals surface area (Å²) in [5, 5.41) is 12.8. The number of carbonyl (C=O) groups is 1. The summed E-state index contributed by atoms with van der Waals surface area (Å²) in [5.41, 5.74) is 1.25. The van der Waals surface area contributed by atoms with Crippen LogP contribution in [0.15, 0.2) is 35.2 Å². The van der Waals surface area contributed by atoms with Crippen LogP contribution in [0.2, 0.25) is 0 Å². The average Bonchev–Trinajstić information content (AvgIpc) is 3.21. The van der Waals surface area contributed by atoms with Crippen molar-refractivity contribution in [3.8, 4) is 0 Å². The smallest absolute Gasteiger partial charge is 0.225 e. The molecule has 1 heterocycles. The number of carbonyl (C=O) groups excluding carboxylic acids is 1. The monoisotopic (exact) mass is 486 g/mol. The number of amides is 1. The Morgan fingerprint density at radius 3 is 2.67 bits per heavy atom. The van der Waals surface area contributed by atoms with Gasteiger partial charge in [0.15, 0.2) is 0 Å². The van der Waals surface area contributed by atoms with Gasteiger partial charge in [0.2, 0.25) is 5.91 Å². The minimum Gasteiger partial charge on any atom is -0.392 e. The summed E-state index contributed by atoms with van der Waals surface area (Å²) in [7, 11) is 0. The minimum absolute atomic E-state index is 0.0203. The van der Waals surface area contributed by atoms with E-state index >= 15 is 0 Å². The number of benzene rings is 1. The zero-order chi connectivity index (χ0) is 23.8. The van der Waals surface area contributed by atoms with Crippen LogP contribution < -0.4 is 0 Å². The van der Waals surface area contributed by atoms with Gasteiger partial charge in [-0.1, -0.05) is 39.0 Å². The number of nitrogens with zero attached hydrogens (tertiary/aromatic N) is 2. The lowest BCUT2D eigenvalue weighted by Crippen LogP contribution is -2.53. The van der Waals surface area contributed by atoms with Crippen LogP contribution in [-0.4, -0.2) is 40.1 Å². The quantitative estimate of drug-likeness (QED) is 0.488. The van der Waals surface area contributed by atoms with Crippen LogP contribution >= 0.6 is 23.1 Å². The molecular formula is C27H38N2O2S2. The molecule has 180 valence electrons. The fourth-order valence-corrected chi connectivity index (χ4v) is 8.61. The number of thioether (sulfide) groups is 1. The molecule has 0 aliphatic heterocycles. The van der Waals surface area contributed by atoms with Crippen molar-refractivity contribution >= 4 is 29.0 Å². The van der Waals surface area contributed by atoms with Crippen LogP contribution in [0.1, 0.15) is 69.0 Å². The lowest BCUT2D eigenvalue weighted by Gasteiger charge is -2.53. The summed E-state index contributed by atoms with van der Waals surface area (Å²) in [6.45, 7) is 12.1. The summed E-state index contributed by atoms with van der Waals surface area (Å²) in [4.78, 5) is 22.7. The molecule has 0 saturated heterocycles. The molecule has 1 saturated carbocycles. The molecule has 0 unspecified atom stereocenters. The number of aliphatic hydroxyl groups is 1. The molecule has 0 bridgehead atoms. The van der Waals surface area contributed by atoms with Gasteiger partial charge >= 0.3 is 0 Å². The maximum Gasteiger partial charge on any atom is 0.225 e. The fraction of sp³-hybridized carbons (Fsp3) is 0.630. The predicted octanol–water partition coefficient (Wildman–Crippen LogP) is 5.99. The Kier molecular flexibility index (Phi) is 7.56. The van der Waals surface area contributed by atoms with Crippen molar-refractivity contribution in [3.63, 3.8) is 0 Å². The fourth-order valence-electron chi connectivity index (χ4n) is 6.33. The van der Waals surface area contributed by atoms with Crippen LogP contribution in [0, 0.1) is 23.2 Å². The molecule has 1 aromatic carbocycles. The molecule has 1 amide bonds. The van der Waals surface area contributed by atoms with Gasteiger partial charge in [0.05, 0.1) is 17.6 Å². The van der Waals surface area contributed by atoms with Crippen LogP contribution in [0.5, 0.6) is 0 Å². The second-order valence-electron chi connectivity index (χ2n) is 10.2. The van der Waals surface area contributed by atoms with Crippen molar-refractivity contribution < 1.29 is 9.90 Å². The SMILES string of the molecule is CCN(CC)C(=O)[C@@H](C)[C@@H]1CC[C@]2(C)Cc3sc(CSc4ccccc4)nc3[C@@H](C)[C@@H]2[C@H]1O. The third kappa shape index (κ3) is 4.76. The number of thiazole rings is 1. The summed E-state index contributed by atoms with van der Waals surface area (Å²) in [6, 6.07) is 10.5. The first-order valence-corrected chi connectivity index (χ1v) is 14.2. The van der Waals surface area contributed by atoms with Gasteiger partial charge in [-0.2, -0.15) is 0 Å². The number of aliphatic hydroxyl groups excluding tert-OH is 1. The molecule has 1 aromatic heterocycles. The van der Waals surface area contributed by atoms with E-state index < -0.39 is 6.10 Å². The van der Waals surface area contributed by atoms with E-state index in [9.17, 15) is 9.90 Å². The van der Waals surface area contributed by atoms with Gasteiger partial charge in [-0.05, 0) is 62.5 Å². The van der Waals surface area contributed by atoms with Crippen LogP contribution in [0.25, 0.3) is 0 Å². The Balaban J connectivity index is 1.52. The van der Waals surface area contributed by atoms with Crippen molar-refractivity contribution in [1.29, 1.82) is 0 Å². The number of fused-ring (bicyclic) bond motifs is 2. The number of hydrogen-bond acceptors (Lipinski definition) is 5. The third-order valence-electron chi connectivity index (χ3n) is 8.18. The number of hydrogen-bond donors (Lipinski definition) is 1. The summed E-state index contributed by atoms with van der Waals surface area (Å²) < 4.78 is 0. The van der Waals surface area contributed by atoms with Gasteiger partial charge in [-0.3, -0.25) is 4.79 Å². The third-order valence-corrected chi connectivity index (χ3v) is 10.5. The maximum absolute atomic E-state index is 13.1. The normalized spacial score (nSPS) is 29.8. The summed E-state index contributed by atoms with van der Waals surface area (Å²) in [6.07, 6.45) is 2.50. The zero-order valence-electron chi connectivity index (χ0n) is 20.6. The van der Waals surface area contributed by atoms with Gasteiger partial charge in [-0.15, -0.1) is 23.1 Å². The van der Waals surface area contributed by atoms with Crippen LogP contribution in [0.3, 0.4) is 0 Å². The van der Waals surface area contributed by atoms with E-state index in [1.807, 2.05) is 54.8 Å². The highest BCUT2D eigenvalue weighted by molar-refractivity contribution is 7.98. The van der Waals surface area contributed by atoms with Crippen molar-refractivity contribution in [1.82, 2.24) is 9.88 Å². The summed E-state index contributed by atoms with van der Waals surface area (Å²) >= 11 is 3.70. The van der Waals surface area contributed by atoms with E-state index in [2.05, 4.69) is 38.1 Å². The highest BCUT2D eigenvalue weighted by Gasteiger charge is 2.54. The first-order valence-electron chi connectivity index (χ1n) is 12.4. The first kappa shape index (κ1) is 24.7. The van der Waals surface area contributed by atoms with Crippen molar-refractivity contribution in [2.45, 2.75) is 76.6 Å². The highest BCUT2D eigenvalue weighted by Crippen LogP contribution is 2.57. The molecule has 4 rings (SSSR count). The molecule has 4 nitrogen and oxygen atoms in total. The Bertz CT molecular complexity index is 958. The second-order valence-corrected chi connectivity index (χ2v) is 12.4. The predicted molar refractivity (Wildman–Crippen MR) is 138 cm³/mol. The molecule has 0 radical (unpaired) electrons. The van der Waals surface area contributed by atoms with Crippen LogP contribution in [-0.2, 0) is 17.0 Å². The van der Waals surface area contributed by atoms with E-state index in [4.69, 9.17) is 4.98 Å². The number of rotatable bonds is 7. The van der Waals surface area contributed by atoms with Gasteiger partial charge < -0.3 is 10.0 Å². The zero-order valence-corrected chi connectivity index (χ0v) is 22.2. The highest BCUT2D eigenvalue weighted by atomic mass is 32.2. The van der Waals surface area contributed by atoms with Gasteiger partial charge in [-0.25, -0.2) is 4.98 Å². The van der Waals surface area contributed by atoms with Crippen molar-refractivity contribution in [2.24, 2.45) is 23.2 Å². The Labute approximate surface area is 207 Å². The largest absolute Gasteiger partial charge is 0.392 e. The standard InChI is InChI=1S/C27H38N2O2S2/c1-6-29(7-2)26(31)17(3)20-13-14-27(5)15-21-24(18(4)23(27)25(20)30)28-22(33-21)16-32-19-11-9-8-10-12-19/h8-12,17-18,20,23,25,30H,6-7,13-16H2,1-5H3/t17-,18-,20-,23+,25-,27+/m0/s1. The Hall–Kier alpha value is -1.37. The molecular weight excluding hydrogens is 448 g/mol. The molecule has 1 N–H and O–H groups in total. The molecule has 6 atom stereocenters.